The van der Waals surface area contributed by atoms with Gasteiger partial charge in [-0.2, -0.15) is 0 Å². The van der Waals surface area contributed by atoms with Crippen molar-refractivity contribution in [2.45, 2.75) is 235 Å². The monoisotopic (exact) mass is 1270 g/mol. The van der Waals surface area contributed by atoms with Gasteiger partial charge in [0.25, 0.3) is 5.91 Å². The minimum absolute atomic E-state index is 0.0242. The highest BCUT2D eigenvalue weighted by molar-refractivity contribution is 5.99. The number of hydrogen-bond donors (Lipinski definition) is 4. The van der Waals surface area contributed by atoms with E-state index in [9.17, 15) is 33.9 Å². The zero-order valence-corrected chi connectivity index (χ0v) is 58.6. The summed E-state index contributed by atoms with van der Waals surface area (Å²) in [7, 11) is 11.3. The first-order valence-corrected chi connectivity index (χ1v) is 32.0. The smallest absolute Gasteiger partial charge is 0.409 e. The second-order valence-corrected chi connectivity index (χ2v) is 27.7. The van der Waals surface area contributed by atoms with Gasteiger partial charge in [-0.15, -0.1) is 0 Å². The number of rotatable bonds is 13. The number of hydrogen-bond acceptors (Lipinski definition) is 15. The van der Waals surface area contributed by atoms with Crippen LogP contribution in [0.5, 0.6) is 0 Å². The van der Waals surface area contributed by atoms with Crippen molar-refractivity contribution in [3.05, 3.63) is 12.2 Å². The first-order chi connectivity index (χ1) is 41.6. The quantitative estimate of drug-likeness (QED) is 0.193. The Hall–Kier alpha value is -6.41. The standard InChI is InChI=1S/C64H112N12O14/c1-26-28-29-38(11)50-49-53(78)66-43(27-2)58(83)69(19)41(14)56(81)74(24)51(64(16,17)33-68(18)63(88)89-25)54(79)67-47(36(7)8)61(86)70(20)44(30-34(3)4)52(77)65-40(13)55(80)75-39(12)32-46(60(85)73(23)48(37(9)10)62(87)76(49)90-50)72(22)59(84)45(31-35(5)6)71(21)57(82)42(75)15/h26,28,34-51,59,84H,27,29-33H2,1-25H3,(H,65,77)(H,66,78)(H,67,79)/b28-26+/t38-,39?,40+,41-,42-,43+,44+,45+,46+,47+,48+,49+,50-,51-,59?/m1/s1. The van der Waals surface area contributed by atoms with Crippen molar-refractivity contribution in [3.8, 4) is 0 Å². The maximum Gasteiger partial charge on any atom is 0.409 e. The second-order valence-electron chi connectivity index (χ2n) is 27.7. The molecule has 0 aromatic heterocycles. The van der Waals surface area contributed by atoms with Crippen molar-refractivity contribution in [3.63, 3.8) is 0 Å². The molecule has 3 saturated heterocycles. The Morgan fingerprint density at radius 1 is 0.689 bits per heavy atom. The fraction of sp³-hybridized carbons (Fsp3) is 0.797. The largest absolute Gasteiger partial charge is 0.453 e. The van der Waals surface area contributed by atoms with Crippen molar-refractivity contribution in [2.24, 2.45) is 35.0 Å². The molecule has 4 N–H and O–H groups in total. The summed E-state index contributed by atoms with van der Waals surface area (Å²) in [6.07, 6.45) is 1.31. The summed E-state index contributed by atoms with van der Waals surface area (Å²) in [5, 5.41) is 21.9. The van der Waals surface area contributed by atoms with Crippen LogP contribution in [0, 0.1) is 35.0 Å². The molecule has 0 spiro atoms. The van der Waals surface area contributed by atoms with Crippen LogP contribution in [0.4, 0.5) is 4.79 Å². The number of carbonyl (C=O) groups is 11. The molecule has 26 heteroatoms. The van der Waals surface area contributed by atoms with Gasteiger partial charge in [0.2, 0.25) is 53.2 Å². The third-order valence-electron chi connectivity index (χ3n) is 18.3. The van der Waals surface area contributed by atoms with Crippen LogP contribution in [0.15, 0.2) is 12.2 Å². The Labute approximate surface area is 535 Å². The lowest BCUT2D eigenvalue weighted by atomic mass is 9.81. The lowest BCUT2D eigenvalue weighted by Gasteiger charge is -2.50. The van der Waals surface area contributed by atoms with Crippen molar-refractivity contribution in [1.29, 1.82) is 0 Å². The minimum atomic E-state index is -1.45. The molecule has 11 amide bonds. The van der Waals surface area contributed by atoms with Gasteiger partial charge in [0.05, 0.1) is 19.2 Å². The van der Waals surface area contributed by atoms with Crippen LogP contribution < -0.4 is 16.0 Å². The van der Waals surface area contributed by atoms with E-state index in [0.29, 0.717) is 6.42 Å². The first-order valence-electron chi connectivity index (χ1n) is 32.0. The normalized spacial score (nSPS) is 30.2. The molecule has 0 radical (unpaired) electrons. The Bertz CT molecular complexity index is 2600. The third-order valence-corrected chi connectivity index (χ3v) is 18.3. The molecule has 512 valence electrons. The summed E-state index contributed by atoms with van der Waals surface area (Å²) in [4.78, 5) is 180. The van der Waals surface area contributed by atoms with Crippen molar-refractivity contribution in [2.75, 3.05) is 63.0 Å². The molecule has 0 aromatic rings. The molecule has 2 bridgehead atoms. The van der Waals surface area contributed by atoms with E-state index in [2.05, 4.69) is 16.0 Å². The van der Waals surface area contributed by atoms with Crippen LogP contribution in [0.2, 0.25) is 0 Å². The number of amides is 11. The van der Waals surface area contributed by atoms with E-state index in [1.54, 1.807) is 62.3 Å². The van der Waals surface area contributed by atoms with Gasteiger partial charge in [-0.3, -0.25) is 57.7 Å². The first kappa shape index (κ1) is 77.8. The molecule has 0 saturated carbocycles. The SMILES string of the molecule is C/C=C/C[C@@H](C)[C@H]1ON2C(=O)[C@H](C(C)C)N(C)C(=O)[C@@H]3CC(C)N(C(=O)[C@H](C)NC(=O)[C@H](CC(C)C)N(C)C(=O)[C@H](C(C)C)NC(=O)[C@H](C(C)(C)CN(C)C(=O)OC)N(C)C(=O)[C@@H](C)N(C)C(=O)[C@H](CC)NC(=O)[C@H]12)[C@H](C)C(=O)N(C)[C@@H](CC(C)C)C(O)N3C. The fourth-order valence-electron chi connectivity index (χ4n) is 12.9. The van der Waals surface area contributed by atoms with E-state index < -0.39 is 167 Å². The average Bonchev–Trinajstić information content (AvgIpc) is 0.764. The van der Waals surface area contributed by atoms with Crippen molar-refractivity contribution < 1.29 is 67.4 Å². The molecule has 3 aliphatic rings. The topological polar surface area (TPSA) is 292 Å². The fourth-order valence-corrected chi connectivity index (χ4v) is 12.9. The zero-order valence-electron chi connectivity index (χ0n) is 58.6. The number of aliphatic hydroxyl groups is 1. The molecule has 3 aliphatic heterocycles. The van der Waals surface area contributed by atoms with E-state index >= 15 is 24.0 Å². The summed E-state index contributed by atoms with van der Waals surface area (Å²) in [5.41, 5.74) is -1.31. The summed E-state index contributed by atoms with van der Waals surface area (Å²) in [5.74, 6) is -8.88. The van der Waals surface area contributed by atoms with E-state index in [-0.39, 0.29) is 50.0 Å². The van der Waals surface area contributed by atoms with Crippen LogP contribution in [0.1, 0.15) is 150 Å². The maximum absolute atomic E-state index is 15.6. The van der Waals surface area contributed by atoms with Crippen LogP contribution in [-0.2, 0) is 57.5 Å². The summed E-state index contributed by atoms with van der Waals surface area (Å²) in [6.45, 7) is 29.0. The van der Waals surface area contributed by atoms with Crippen molar-refractivity contribution in [1.82, 2.24) is 60.2 Å². The number of aliphatic hydroxyl groups excluding tert-OH is 1. The van der Waals surface area contributed by atoms with Gasteiger partial charge < -0.3 is 60.1 Å². The number of fused-ring (bicyclic) bond motifs is 4. The Balaban J connectivity index is 2.47. The van der Waals surface area contributed by atoms with Gasteiger partial charge in [-0.1, -0.05) is 95.2 Å². The number of allylic oxidation sites excluding steroid dienone is 2. The van der Waals surface area contributed by atoms with Crippen LogP contribution in [0.25, 0.3) is 0 Å². The van der Waals surface area contributed by atoms with Crippen LogP contribution >= 0.6 is 0 Å². The molecular formula is C64H112N12O14. The highest BCUT2D eigenvalue weighted by Crippen LogP contribution is 2.35. The highest BCUT2D eigenvalue weighted by Gasteiger charge is 2.55. The summed E-state index contributed by atoms with van der Waals surface area (Å²) < 4.78 is 4.98. The molecule has 3 fully saturated rings. The number of methoxy groups -OCH3 is 1. The van der Waals surface area contributed by atoms with Gasteiger partial charge in [0, 0.05) is 60.3 Å². The number of nitrogens with one attached hydrogen (secondary N) is 3. The average molecular weight is 1270 g/mol. The predicted octanol–water partition coefficient (Wildman–Crippen LogP) is 2.91. The van der Waals surface area contributed by atoms with Gasteiger partial charge in [0.1, 0.15) is 60.7 Å². The lowest BCUT2D eigenvalue weighted by Crippen LogP contribution is -2.72. The number of nitrogens with zero attached hydrogens (tertiary/aromatic N) is 9. The molecule has 90 heavy (non-hydrogen) atoms. The van der Waals surface area contributed by atoms with Gasteiger partial charge in [-0.25, -0.2) is 9.86 Å². The molecule has 15 atom stereocenters. The molecule has 0 aliphatic carbocycles. The molecular weight excluding hydrogens is 1160 g/mol. The van der Waals surface area contributed by atoms with E-state index in [4.69, 9.17) is 9.57 Å². The second kappa shape index (κ2) is 32.7. The van der Waals surface area contributed by atoms with E-state index in [1.165, 1.54) is 99.7 Å². The van der Waals surface area contributed by atoms with Crippen LogP contribution in [-0.4, -0.2) is 262 Å². The van der Waals surface area contributed by atoms with E-state index in [0.717, 1.165) is 14.9 Å². The molecule has 26 nitrogen and oxygen atoms in total. The number of hydroxylamine groups is 2. The molecule has 0 aromatic carbocycles. The molecule has 3 rings (SSSR count). The van der Waals surface area contributed by atoms with E-state index in [1.807, 2.05) is 53.7 Å². The van der Waals surface area contributed by atoms with Gasteiger partial charge in [0.15, 0.2) is 6.04 Å². The van der Waals surface area contributed by atoms with Crippen molar-refractivity contribution >= 4 is 65.2 Å². The summed E-state index contributed by atoms with van der Waals surface area (Å²) in [6, 6.07) is -14.9. The zero-order chi connectivity index (χ0) is 69.2. The number of carbonyl (C=O) groups excluding carboxylic acids is 11. The highest BCUT2D eigenvalue weighted by atomic mass is 16.7. The summed E-state index contributed by atoms with van der Waals surface area (Å²) >= 11 is 0. The molecule has 3 heterocycles. The number of ether oxygens (including phenoxy) is 1. The van der Waals surface area contributed by atoms with Gasteiger partial charge >= 0.3 is 6.09 Å². The Kier molecular flexibility index (Phi) is 28.3. The van der Waals surface area contributed by atoms with Gasteiger partial charge in [-0.05, 0) is 103 Å². The lowest BCUT2D eigenvalue weighted by molar-refractivity contribution is -0.321. The minimum Gasteiger partial charge on any atom is -0.453 e. The van der Waals surface area contributed by atoms with Crippen LogP contribution in [0.3, 0.4) is 0 Å². The Morgan fingerprint density at radius 3 is 1.77 bits per heavy atom. The predicted molar refractivity (Wildman–Crippen MR) is 340 cm³/mol. The maximum atomic E-state index is 15.6. The molecule has 2 unspecified atom stereocenters. The Morgan fingerprint density at radius 2 is 1.26 bits per heavy atom. The third kappa shape index (κ3) is 17.8. The number of likely N-dealkylation sites (N-methyl/N-ethyl adjacent to an activating group) is 6.